The lowest BCUT2D eigenvalue weighted by molar-refractivity contribution is -0.139. The van der Waals surface area contributed by atoms with Gasteiger partial charge >= 0.3 is 0 Å². The molecule has 0 radical (unpaired) electrons. The molecule has 4 heteroatoms. The molecule has 2 fully saturated rings. The summed E-state index contributed by atoms with van der Waals surface area (Å²) in [5.41, 5.74) is -0.155. The van der Waals surface area contributed by atoms with Gasteiger partial charge < -0.3 is 10.2 Å². The van der Waals surface area contributed by atoms with Gasteiger partial charge in [0.2, 0.25) is 5.91 Å². The Morgan fingerprint density at radius 1 is 1.44 bits per heavy atom. The van der Waals surface area contributed by atoms with E-state index >= 15 is 0 Å². The lowest BCUT2D eigenvalue weighted by atomic mass is 9.88. The van der Waals surface area contributed by atoms with Crippen LogP contribution in [0.1, 0.15) is 33.6 Å². The summed E-state index contributed by atoms with van der Waals surface area (Å²) in [7, 11) is 0. The zero-order chi connectivity index (χ0) is 13.2. The Hall–Kier alpha value is -0.610. The second-order valence-electron chi connectivity index (χ2n) is 5.90. The van der Waals surface area contributed by atoms with E-state index in [1.54, 1.807) is 0 Å². The number of carbonyl (C=O) groups is 1. The minimum absolute atomic E-state index is 0.155. The molecule has 2 rings (SSSR count). The van der Waals surface area contributed by atoms with E-state index in [0.717, 1.165) is 52.1 Å². The van der Waals surface area contributed by atoms with Gasteiger partial charge in [0.15, 0.2) is 0 Å². The summed E-state index contributed by atoms with van der Waals surface area (Å²) >= 11 is 0. The average Bonchev–Trinajstić information content (AvgIpc) is 3.00. The standard InChI is InChI=1S/C14H27N3O/c1-4-16(5-2)12-6-9-17(10-12)13(18)14(3)7-8-15-11-14/h12,15H,4-11H2,1-3H3. The minimum Gasteiger partial charge on any atom is -0.341 e. The maximum atomic E-state index is 12.6. The van der Waals surface area contributed by atoms with Gasteiger partial charge in [0, 0.05) is 25.7 Å². The van der Waals surface area contributed by atoms with Crippen molar-refractivity contribution < 1.29 is 4.79 Å². The van der Waals surface area contributed by atoms with E-state index < -0.39 is 0 Å². The Morgan fingerprint density at radius 2 is 2.17 bits per heavy atom. The van der Waals surface area contributed by atoms with Crippen molar-refractivity contribution in [2.45, 2.75) is 39.7 Å². The van der Waals surface area contributed by atoms with Crippen LogP contribution in [0.4, 0.5) is 0 Å². The van der Waals surface area contributed by atoms with Gasteiger partial charge in [-0.1, -0.05) is 13.8 Å². The van der Waals surface area contributed by atoms with Crippen molar-refractivity contribution >= 4 is 5.91 Å². The number of nitrogens with one attached hydrogen (secondary N) is 1. The SMILES string of the molecule is CCN(CC)C1CCN(C(=O)C2(C)CCNC2)C1. The number of nitrogens with zero attached hydrogens (tertiary/aromatic N) is 2. The van der Waals surface area contributed by atoms with E-state index in [2.05, 4.69) is 35.9 Å². The molecule has 0 saturated carbocycles. The van der Waals surface area contributed by atoms with Gasteiger partial charge in [-0.25, -0.2) is 0 Å². The molecule has 104 valence electrons. The molecule has 2 aliphatic rings. The first-order valence-corrected chi connectivity index (χ1v) is 7.35. The molecule has 2 aliphatic heterocycles. The summed E-state index contributed by atoms with van der Waals surface area (Å²) in [6.07, 6.45) is 2.12. The van der Waals surface area contributed by atoms with Crippen LogP contribution in [0, 0.1) is 5.41 Å². The van der Waals surface area contributed by atoms with Crippen molar-refractivity contribution in [2.24, 2.45) is 5.41 Å². The van der Waals surface area contributed by atoms with E-state index in [0.29, 0.717) is 11.9 Å². The molecule has 0 spiro atoms. The van der Waals surface area contributed by atoms with Gasteiger partial charge in [0.1, 0.15) is 0 Å². The lowest BCUT2D eigenvalue weighted by Gasteiger charge is -2.30. The molecule has 2 saturated heterocycles. The summed E-state index contributed by atoms with van der Waals surface area (Å²) < 4.78 is 0. The highest BCUT2D eigenvalue weighted by Gasteiger charge is 2.41. The first-order chi connectivity index (χ1) is 8.60. The van der Waals surface area contributed by atoms with Gasteiger partial charge in [-0.3, -0.25) is 9.69 Å². The normalized spacial score (nSPS) is 32.4. The van der Waals surface area contributed by atoms with Crippen molar-refractivity contribution in [1.29, 1.82) is 0 Å². The molecule has 18 heavy (non-hydrogen) atoms. The van der Waals surface area contributed by atoms with Crippen LogP contribution in [0.3, 0.4) is 0 Å². The molecule has 2 atom stereocenters. The summed E-state index contributed by atoms with van der Waals surface area (Å²) in [6, 6.07) is 0.571. The number of likely N-dealkylation sites (tertiary alicyclic amines) is 1. The van der Waals surface area contributed by atoms with Gasteiger partial charge in [-0.15, -0.1) is 0 Å². The average molecular weight is 253 g/mol. The molecule has 0 aromatic heterocycles. The van der Waals surface area contributed by atoms with Crippen molar-refractivity contribution in [3.05, 3.63) is 0 Å². The number of hydrogen-bond donors (Lipinski definition) is 1. The molecule has 0 aromatic carbocycles. The van der Waals surface area contributed by atoms with Crippen molar-refractivity contribution in [3.8, 4) is 0 Å². The maximum absolute atomic E-state index is 12.6. The molecule has 0 aromatic rings. The predicted molar refractivity (Wildman–Crippen MR) is 73.5 cm³/mol. The van der Waals surface area contributed by atoms with E-state index in [-0.39, 0.29) is 5.41 Å². The summed E-state index contributed by atoms with van der Waals surface area (Å²) in [5, 5.41) is 3.32. The topological polar surface area (TPSA) is 35.6 Å². The maximum Gasteiger partial charge on any atom is 0.229 e. The second-order valence-corrected chi connectivity index (χ2v) is 5.90. The number of hydrogen-bond acceptors (Lipinski definition) is 3. The molecule has 4 nitrogen and oxygen atoms in total. The van der Waals surface area contributed by atoms with Crippen LogP contribution in [0.15, 0.2) is 0 Å². The Labute approximate surface area is 111 Å². The van der Waals surface area contributed by atoms with E-state index in [1.807, 2.05) is 0 Å². The van der Waals surface area contributed by atoms with Crippen molar-refractivity contribution in [1.82, 2.24) is 15.1 Å². The molecule has 0 bridgehead atoms. The third kappa shape index (κ3) is 2.54. The van der Waals surface area contributed by atoms with Crippen LogP contribution >= 0.6 is 0 Å². The fraction of sp³-hybridized carbons (Fsp3) is 0.929. The summed E-state index contributed by atoms with van der Waals surface area (Å²) in [6.45, 7) is 12.4. The van der Waals surface area contributed by atoms with Crippen molar-refractivity contribution in [2.75, 3.05) is 39.3 Å². The molecule has 1 N–H and O–H groups in total. The van der Waals surface area contributed by atoms with Crippen LogP contribution in [0.2, 0.25) is 0 Å². The smallest absolute Gasteiger partial charge is 0.229 e. The molecule has 1 amide bonds. The van der Waals surface area contributed by atoms with Gasteiger partial charge in [0.25, 0.3) is 0 Å². The Kier molecular flexibility index (Phi) is 4.28. The monoisotopic (exact) mass is 253 g/mol. The first kappa shape index (κ1) is 13.8. The second kappa shape index (κ2) is 5.57. The van der Waals surface area contributed by atoms with E-state index in [9.17, 15) is 4.79 Å². The van der Waals surface area contributed by atoms with Crippen LogP contribution in [0.25, 0.3) is 0 Å². The summed E-state index contributed by atoms with van der Waals surface area (Å²) in [5.74, 6) is 0.363. The largest absolute Gasteiger partial charge is 0.341 e. The Balaban J connectivity index is 1.94. The number of rotatable bonds is 4. The van der Waals surface area contributed by atoms with Gasteiger partial charge in [0.05, 0.1) is 5.41 Å². The van der Waals surface area contributed by atoms with Crippen LogP contribution < -0.4 is 5.32 Å². The number of likely N-dealkylation sites (N-methyl/N-ethyl adjacent to an activating group) is 1. The highest BCUT2D eigenvalue weighted by molar-refractivity contribution is 5.83. The zero-order valence-electron chi connectivity index (χ0n) is 12.0. The van der Waals surface area contributed by atoms with Crippen LogP contribution in [0.5, 0.6) is 0 Å². The van der Waals surface area contributed by atoms with E-state index in [1.165, 1.54) is 0 Å². The summed E-state index contributed by atoms with van der Waals surface area (Å²) in [4.78, 5) is 17.1. The highest BCUT2D eigenvalue weighted by Crippen LogP contribution is 2.29. The van der Waals surface area contributed by atoms with Gasteiger partial charge in [-0.2, -0.15) is 0 Å². The predicted octanol–water partition coefficient (Wildman–Crippen LogP) is 0.929. The van der Waals surface area contributed by atoms with Crippen molar-refractivity contribution in [3.63, 3.8) is 0 Å². The van der Waals surface area contributed by atoms with Crippen LogP contribution in [-0.2, 0) is 4.79 Å². The minimum atomic E-state index is -0.155. The quantitative estimate of drug-likeness (QED) is 0.809. The third-order valence-corrected chi connectivity index (χ3v) is 4.66. The fourth-order valence-electron chi connectivity index (χ4n) is 3.35. The number of carbonyl (C=O) groups excluding carboxylic acids is 1. The fourth-order valence-corrected chi connectivity index (χ4v) is 3.35. The number of amides is 1. The zero-order valence-corrected chi connectivity index (χ0v) is 12.0. The third-order valence-electron chi connectivity index (χ3n) is 4.66. The Bertz CT molecular complexity index is 295. The Morgan fingerprint density at radius 3 is 2.72 bits per heavy atom. The molecule has 2 unspecified atom stereocenters. The van der Waals surface area contributed by atoms with Crippen LogP contribution in [-0.4, -0.2) is 61.0 Å². The molecule has 2 heterocycles. The molecular formula is C14H27N3O. The lowest BCUT2D eigenvalue weighted by Crippen LogP contribution is -2.44. The van der Waals surface area contributed by atoms with Gasteiger partial charge in [-0.05, 0) is 39.4 Å². The molecular weight excluding hydrogens is 226 g/mol. The van der Waals surface area contributed by atoms with E-state index in [4.69, 9.17) is 0 Å². The first-order valence-electron chi connectivity index (χ1n) is 7.35. The molecule has 0 aliphatic carbocycles. The highest BCUT2D eigenvalue weighted by atomic mass is 16.2.